The van der Waals surface area contributed by atoms with Crippen LogP contribution in [0.4, 0.5) is 0 Å². The summed E-state index contributed by atoms with van der Waals surface area (Å²) in [5, 5.41) is 3.43. The third-order valence-electron chi connectivity index (χ3n) is 3.00. The number of hydrogen-bond donors (Lipinski definition) is 1. The highest BCUT2D eigenvalue weighted by atomic mass is 16.5. The number of methoxy groups -OCH3 is 1. The van der Waals surface area contributed by atoms with Crippen LogP contribution < -0.4 is 5.32 Å². The average Bonchev–Trinajstić information content (AvgIpc) is 2.52. The smallest absolute Gasteiger partial charge is 0.0474 e. The third-order valence-corrected chi connectivity index (χ3v) is 3.00. The van der Waals surface area contributed by atoms with Crippen molar-refractivity contribution in [2.45, 2.75) is 19.8 Å². The predicted molar refractivity (Wildman–Crippen MR) is 59.6 cm³/mol. The van der Waals surface area contributed by atoms with Crippen LogP contribution in [0.15, 0.2) is 0 Å². The Bertz CT molecular complexity index is 155. The van der Waals surface area contributed by atoms with E-state index in [0.29, 0.717) is 5.41 Å². The van der Waals surface area contributed by atoms with Crippen LogP contribution in [0.25, 0.3) is 0 Å². The molecule has 1 rings (SSSR count). The van der Waals surface area contributed by atoms with Crippen LogP contribution in [-0.4, -0.2) is 51.8 Å². The Morgan fingerprint density at radius 1 is 1.50 bits per heavy atom. The summed E-state index contributed by atoms with van der Waals surface area (Å²) >= 11 is 0. The van der Waals surface area contributed by atoms with E-state index >= 15 is 0 Å². The molecule has 1 unspecified atom stereocenters. The molecule has 0 radical (unpaired) electrons. The maximum atomic E-state index is 5.05. The van der Waals surface area contributed by atoms with Crippen LogP contribution in [0.1, 0.15) is 19.8 Å². The topological polar surface area (TPSA) is 24.5 Å². The van der Waals surface area contributed by atoms with Crippen molar-refractivity contribution < 1.29 is 4.74 Å². The van der Waals surface area contributed by atoms with E-state index in [2.05, 4.69) is 24.2 Å². The van der Waals surface area contributed by atoms with Crippen molar-refractivity contribution in [3.05, 3.63) is 0 Å². The molecule has 1 fully saturated rings. The maximum absolute atomic E-state index is 5.05. The number of ether oxygens (including phenoxy) is 1. The minimum atomic E-state index is 0.488. The number of nitrogens with zero attached hydrogens (tertiary/aromatic N) is 1. The van der Waals surface area contributed by atoms with Crippen molar-refractivity contribution in [3.8, 4) is 0 Å². The van der Waals surface area contributed by atoms with Crippen LogP contribution in [0.2, 0.25) is 0 Å². The highest BCUT2D eigenvalue weighted by Crippen LogP contribution is 2.24. The molecule has 0 saturated carbocycles. The largest absolute Gasteiger partial charge is 0.385 e. The maximum Gasteiger partial charge on any atom is 0.0474 e. The Balaban J connectivity index is 2.15. The zero-order valence-corrected chi connectivity index (χ0v) is 9.81. The Hall–Kier alpha value is -0.120. The first-order valence-electron chi connectivity index (χ1n) is 5.54. The van der Waals surface area contributed by atoms with E-state index in [0.717, 1.165) is 19.6 Å². The number of rotatable bonds is 6. The molecule has 0 aromatic heterocycles. The molecule has 3 heteroatoms. The van der Waals surface area contributed by atoms with Gasteiger partial charge in [-0.1, -0.05) is 6.92 Å². The normalized spacial score (nSPS) is 27.4. The van der Waals surface area contributed by atoms with Crippen molar-refractivity contribution in [3.63, 3.8) is 0 Å². The summed E-state index contributed by atoms with van der Waals surface area (Å²) in [6, 6.07) is 0. The van der Waals surface area contributed by atoms with Gasteiger partial charge in [0.25, 0.3) is 0 Å². The molecule has 14 heavy (non-hydrogen) atoms. The minimum absolute atomic E-state index is 0.488. The molecule has 1 heterocycles. The lowest BCUT2D eigenvalue weighted by atomic mass is 9.89. The number of nitrogens with one attached hydrogen (secondary N) is 1. The molecule has 0 aliphatic carbocycles. The van der Waals surface area contributed by atoms with Gasteiger partial charge in [-0.3, -0.25) is 0 Å². The molecule has 0 aromatic rings. The van der Waals surface area contributed by atoms with Gasteiger partial charge in [-0.15, -0.1) is 0 Å². The summed E-state index contributed by atoms with van der Waals surface area (Å²) in [6.07, 6.45) is 2.44. The van der Waals surface area contributed by atoms with Crippen molar-refractivity contribution in [2.24, 2.45) is 5.41 Å². The van der Waals surface area contributed by atoms with Crippen LogP contribution >= 0.6 is 0 Å². The molecule has 1 N–H and O–H groups in total. The Morgan fingerprint density at radius 2 is 2.29 bits per heavy atom. The van der Waals surface area contributed by atoms with Crippen molar-refractivity contribution in [2.75, 3.05) is 46.9 Å². The molecule has 84 valence electrons. The molecule has 0 amide bonds. The molecule has 3 nitrogen and oxygen atoms in total. The molecular formula is C11H24N2O. The minimum Gasteiger partial charge on any atom is -0.385 e. The Labute approximate surface area is 87.8 Å². The second-order valence-corrected chi connectivity index (χ2v) is 4.82. The highest BCUT2D eigenvalue weighted by Gasteiger charge is 2.29. The summed E-state index contributed by atoms with van der Waals surface area (Å²) < 4.78 is 5.05. The van der Waals surface area contributed by atoms with Gasteiger partial charge >= 0.3 is 0 Å². The average molecular weight is 200 g/mol. The van der Waals surface area contributed by atoms with Gasteiger partial charge in [-0.25, -0.2) is 0 Å². The fraction of sp³-hybridized carbons (Fsp3) is 1.00. The fourth-order valence-electron chi connectivity index (χ4n) is 2.21. The first-order chi connectivity index (χ1) is 6.66. The van der Waals surface area contributed by atoms with Gasteiger partial charge in [0.05, 0.1) is 0 Å². The summed E-state index contributed by atoms with van der Waals surface area (Å²) in [6.45, 7) is 7.94. The van der Waals surface area contributed by atoms with Crippen LogP contribution in [0.5, 0.6) is 0 Å². The van der Waals surface area contributed by atoms with Gasteiger partial charge in [-0.2, -0.15) is 0 Å². The Morgan fingerprint density at radius 3 is 2.86 bits per heavy atom. The first kappa shape index (κ1) is 12.0. The van der Waals surface area contributed by atoms with E-state index in [1.807, 2.05) is 0 Å². The van der Waals surface area contributed by atoms with Crippen LogP contribution in [0, 0.1) is 5.41 Å². The molecule has 1 saturated heterocycles. The van der Waals surface area contributed by atoms with E-state index < -0.39 is 0 Å². The molecule has 1 aliphatic rings. The third kappa shape index (κ3) is 3.95. The lowest BCUT2D eigenvalue weighted by Crippen LogP contribution is -2.35. The van der Waals surface area contributed by atoms with E-state index in [4.69, 9.17) is 4.74 Å². The Kier molecular flexibility index (Phi) is 4.85. The second kappa shape index (κ2) is 5.69. The number of hydrogen-bond acceptors (Lipinski definition) is 3. The first-order valence-corrected chi connectivity index (χ1v) is 5.54. The molecule has 0 bridgehead atoms. The molecule has 0 aromatic carbocycles. The van der Waals surface area contributed by atoms with E-state index in [1.165, 1.54) is 26.1 Å². The lowest BCUT2D eigenvalue weighted by molar-refractivity contribution is 0.160. The van der Waals surface area contributed by atoms with Gasteiger partial charge in [-0.05, 0) is 31.8 Å². The van der Waals surface area contributed by atoms with Gasteiger partial charge in [0.2, 0.25) is 0 Å². The van der Waals surface area contributed by atoms with Crippen molar-refractivity contribution in [1.29, 1.82) is 0 Å². The van der Waals surface area contributed by atoms with Crippen molar-refractivity contribution >= 4 is 0 Å². The van der Waals surface area contributed by atoms with Crippen molar-refractivity contribution in [1.82, 2.24) is 10.2 Å². The molecule has 1 aliphatic heterocycles. The zero-order valence-electron chi connectivity index (χ0n) is 9.81. The second-order valence-electron chi connectivity index (χ2n) is 4.82. The highest BCUT2D eigenvalue weighted by molar-refractivity contribution is 4.85. The van der Waals surface area contributed by atoms with Crippen LogP contribution in [-0.2, 0) is 4.74 Å². The summed E-state index contributed by atoms with van der Waals surface area (Å²) in [5.41, 5.74) is 0.488. The van der Waals surface area contributed by atoms with E-state index in [1.54, 1.807) is 7.11 Å². The van der Waals surface area contributed by atoms with Crippen LogP contribution in [0.3, 0.4) is 0 Å². The van der Waals surface area contributed by atoms with E-state index in [9.17, 15) is 0 Å². The van der Waals surface area contributed by atoms with Gasteiger partial charge < -0.3 is 15.0 Å². The standard InChI is InChI=1S/C11H24N2O/c1-11(5-6-12-9-11)10-13(2)7-4-8-14-3/h12H,4-10H2,1-3H3. The molecule has 1 atom stereocenters. The monoisotopic (exact) mass is 200 g/mol. The molecular weight excluding hydrogens is 176 g/mol. The summed E-state index contributed by atoms with van der Waals surface area (Å²) in [7, 11) is 3.97. The quantitative estimate of drug-likeness (QED) is 0.646. The van der Waals surface area contributed by atoms with Gasteiger partial charge in [0, 0.05) is 33.4 Å². The zero-order chi connectivity index (χ0) is 10.4. The SMILES string of the molecule is COCCCN(C)CC1(C)CCNC1. The predicted octanol–water partition coefficient (Wildman–Crippen LogP) is 0.954. The van der Waals surface area contributed by atoms with Gasteiger partial charge in [0.1, 0.15) is 0 Å². The molecule has 0 spiro atoms. The van der Waals surface area contributed by atoms with Gasteiger partial charge in [0.15, 0.2) is 0 Å². The van der Waals surface area contributed by atoms with E-state index in [-0.39, 0.29) is 0 Å². The summed E-state index contributed by atoms with van der Waals surface area (Å²) in [5.74, 6) is 0. The fourth-order valence-corrected chi connectivity index (χ4v) is 2.21. The lowest BCUT2D eigenvalue weighted by Gasteiger charge is -2.29. The summed E-state index contributed by atoms with van der Waals surface area (Å²) in [4.78, 5) is 2.42.